The number of nitrogens with zero attached hydrogens (tertiary/aromatic N) is 1. The molecule has 0 bridgehead atoms. The van der Waals surface area contributed by atoms with Gasteiger partial charge in [0.05, 0.1) is 0 Å². The lowest BCUT2D eigenvalue weighted by molar-refractivity contribution is -0.149. The first-order valence-electron chi connectivity index (χ1n) is 5.95. The number of carboxylic acids is 1. The van der Waals surface area contributed by atoms with Gasteiger partial charge in [-0.15, -0.1) is 0 Å². The normalized spacial score (nSPS) is 18.4. The number of rotatable bonds is 4. The maximum atomic E-state index is 12.1. The molecule has 1 rings (SSSR count). The van der Waals surface area contributed by atoms with E-state index >= 15 is 0 Å². The Balaban J connectivity index is 2.69. The smallest absolute Gasteiger partial charge is 0.323 e. The minimum atomic E-state index is -0.993. The predicted molar refractivity (Wildman–Crippen MR) is 64.5 cm³/mol. The molecular formula is C12H22N2O3. The highest BCUT2D eigenvalue weighted by atomic mass is 16.4. The van der Waals surface area contributed by atoms with E-state index < -0.39 is 17.0 Å². The van der Waals surface area contributed by atoms with Crippen molar-refractivity contribution in [3.05, 3.63) is 0 Å². The van der Waals surface area contributed by atoms with Crippen LogP contribution >= 0.6 is 0 Å². The zero-order valence-corrected chi connectivity index (χ0v) is 10.8. The Morgan fingerprint density at radius 2 is 1.88 bits per heavy atom. The van der Waals surface area contributed by atoms with Crippen LogP contribution < -0.4 is 5.73 Å². The van der Waals surface area contributed by atoms with Crippen molar-refractivity contribution in [3.63, 3.8) is 0 Å². The lowest BCUT2D eigenvalue weighted by atomic mass is 9.75. The van der Waals surface area contributed by atoms with Gasteiger partial charge in [0.1, 0.15) is 6.54 Å². The highest BCUT2D eigenvalue weighted by Crippen LogP contribution is 2.33. The van der Waals surface area contributed by atoms with Gasteiger partial charge in [-0.2, -0.15) is 0 Å². The van der Waals surface area contributed by atoms with Gasteiger partial charge in [0.2, 0.25) is 5.91 Å². The molecule has 5 heteroatoms. The molecule has 0 aromatic carbocycles. The standard InChI is InChI=1S/C12H22N2O3/c1-11(2,3)14(8-10(16)17)9(15)7-12(13)5-4-6-12/h4-8,13H2,1-3H3,(H,16,17). The molecule has 1 aliphatic rings. The number of hydrogen-bond donors (Lipinski definition) is 2. The predicted octanol–water partition coefficient (Wildman–Crippen LogP) is 0.970. The van der Waals surface area contributed by atoms with Crippen molar-refractivity contribution in [3.8, 4) is 0 Å². The van der Waals surface area contributed by atoms with E-state index in [-0.39, 0.29) is 18.9 Å². The third kappa shape index (κ3) is 3.70. The topological polar surface area (TPSA) is 83.6 Å². The lowest BCUT2D eigenvalue weighted by Crippen LogP contribution is -2.54. The molecule has 0 aromatic rings. The summed E-state index contributed by atoms with van der Waals surface area (Å²) in [7, 11) is 0. The Morgan fingerprint density at radius 1 is 1.35 bits per heavy atom. The summed E-state index contributed by atoms with van der Waals surface area (Å²) in [5.41, 5.74) is 5.13. The first-order chi connectivity index (χ1) is 7.64. The second-order valence-electron chi connectivity index (χ2n) is 5.94. The van der Waals surface area contributed by atoms with E-state index in [1.54, 1.807) is 0 Å². The zero-order chi connectivity index (χ0) is 13.3. The Kier molecular flexibility index (Phi) is 3.81. The number of nitrogens with two attached hydrogens (primary N) is 1. The van der Waals surface area contributed by atoms with Crippen molar-refractivity contribution in [2.45, 2.75) is 57.5 Å². The zero-order valence-electron chi connectivity index (χ0n) is 10.8. The van der Waals surface area contributed by atoms with Gasteiger partial charge in [0, 0.05) is 17.5 Å². The van der Waals surface area contributed by atoms with Gasteiger partial charge >= 0.3 is 5.97 Å². The Morgan fingerprint density at radius 3 is 2.18 bits per heavy atom. The van der Waals surface area contributed by atoms with Gasteiger partial charge in [-0.25, -0.2) is 0 Å². The van der Waals surface area contributed by atoms with Crippen LogP contribution in [0.4, 0.5) is 0 Å². The van der Waals surface area contributed by atoms with Crippen molar-refractivity contribution in [2.24, 2.45) is 5.73 Å². The fraction of sp³-hybridized carbons (Fsp3) is 0.833. The molecule has 0 aliphatic heterocycles. The Labute approximate surface area is 102 Å². The molecule has 0 atom stereocenters. The van der Waals surface area contributed by atoms with Crippen molar-refractivity contribution in [2.75, 3.05) is 6.54 Å². The van der Waals surface area contributed by atoms with Crippen LogP contribution in [0.1, 0.15) is 46.5 Å². The fourth-order valence-electron chi connectivity index (χ4n) is 2.04. The molecule has 0 radical (unpaired) electrons. The van der Waals surface area contributed by atoms with E-state index in [2.05, 4.69) is 0 Å². The second-order valence-corrected chi connectivity index (χ2v) is 5.94. The first kappa shape index (κ1) is 14.0. The third-order valence-corrected chi connectivity index (χ3v) is 3.26. The fourth-order valence-corrected chi connectivity index (χ4v) is 2.04. The lowest BCUT2D eigenvalue weighted by Gasteiger charge is -2.41. The molecule has 1 amide bonds. The van der Waals surface area contributed by atoms with Crippen LogP contribution in [0.25, 0.3) is 0 Å². The highest BCUT2D eigenvalue weighted by Gasteiger charge is 2.38. The first-order valence-corrected chi connectivity index (χ1v) is 5.95. The molecular weight excluding hydrogens is 220 g/mol. The molecule has 1 aliphatic carbocycles. The van der Waals surface area contributed by atoms with Crippen molar-refractivity contribution in [1.29, 1.82) is 0 Å². The van der Waals surface area contributed by atoms with Crippen molar-refractivity contribution < 1.29 is 14.7 Å². The van der Waals surface area contributed by atoms with Gasteiger partial charge in [0.25, 0.3) is 0 Å². The number of carbonyl (C=O) groups is 2. The van der Waals surface area contributed by atoms with Crippen LogP contribution in [0.5, 0.6) is 0 Å². The van der Waals surface area contributed by atoms with E-state index in [9.17, 15) is 9.59 Å². The van der Waals surface area contributed by atoms with Crippen LogP contribution in [-0.2, 0) is 9.59 Å². The molecule has 0 saturated heterocycles. The Bertz CT molecular complexity index is 316. The molecule has 1 fully saturated rings. The van der Waals surface area contributed by atoms with Crippen LogP contribution in [0.3, 0.4) is 0 Å². The molecule has 0 heterocycles. The SMILES string of the molecule is CC(C)(C)N(CC(=O)O)C(=O)CC1(N)CCC1. The average molecular weight is 242 g/mol. The van der Waals surface area contributed by atoms with Gasteiger partial charge in [-0.1, -0.05) is 0 Å². The summed E-state index contributed by atoms with van der Waals surface area (Å²) >= 11 is 0. The molecule has 1 saturated carbocycles. The van der Waals surface area contributed by atoms with Crippen LogP contribution in [0, 0.1) is 0 Å². The summed E-state index contributed by atoms with van der Waals surface area (Å²) in [6.45, 7) is 5.23. The van der Waals surface area contributed by atoms with Crippen LogP contribution in [0.2, 0.25) is 0 Å². The third-order valence-electron chi connectivity index (χ3n) is 3.26. The molecule has 0 aromatic heterocycles. The number of hydrogen-bond acceptors (Lipinski definition) is 3. The number of carboxylic acid groups (broad SMARTS) is 1. The minimum absolute atomic E-state index is 0.165. The van der Waals surface area contributed by atoms with E-state index in [1.807, 2.05) is 20.8 Å². The molecule has 17 heavy (non-hydrogen) atoms. The van der Waals surface area contributed by atoms with E-state index in [1.165, 1.54) is 4.90 Å². The minimum Gasteiger partial charge on any atom is -0.480 e. The summed E-state index contributed by atoms with van der Waals surface area (Å²) in [6.07, 6.45) is 3.00. The summed E-state index contributed by atoms with van der Waals surface area (Å²) in [4.78, 5) is 24.3. The van der Waals surface area contributed by atoms with Gasteiger partial charge in [0.15, 0.2) is 0 Å². The Hall–Kier alpha value is -1.10. The molecule has 3 N–H and O–H groups in total. The second kappa shape index (κ2) is 4.64. The number of aliphatic carboxylic acids is 1. The maximum Gasteiger partial charge on any atom is 0.323 e. The van der Waals surface area contributed by atoms with Crippen LogP contribution in [0.15, 0.2) is 0 Å². The number of carbonyl (C=O) groups excluding carboxylic acids is 1. The van der Waals surface area contributed by atoms with Gasteiger partial charge < -0.3 is 15.7 Å². The highest BCUT2D eigenvalue weighted by molar-refractivity contribution is 5.83. The average Bonchev–Trinajstić information content (AvgIpc) is 2.09. The van der Waals surface area contributed by atoms with Crippen LogP contribution in [-0.4, -0.2) is 39.5 Å². The largest absolute Gasteiger partial charge is 0.480 e. The van der Waals surface area contributed by atoms with Gasteiger partial charge in [-0.05, 0) is 40.0 Å². The molecule has 0 spiro atoms. The summed E-state index contributed by atoms with van der Waals surface area (Å²) < 4.78 is 0. The monoisotopic (exact) mass is 242 g/mol. The van der Waals surface area contributed by atoms with Gasteiger partial charge in [-0.3, -0.25) is 9.59 Å². The molecule has 0 unspecified atom stereocenters. The van der Waals surface area contributed by atoms with E-state index in [0.717, 1.165) is 19.3 Å². The molecule has 98 valence electrons. The number of amides is 1. The summed E-state index contributed by atoms with van der Waals surface area (Å²) in [5, 5.41) is 8.84. The van der Waals surface area contributed by atoms with Crippen molar-refractivity contribution in [1.82, 2.24) is 4.90 Å². The summed E-state index contributed by atoms with van der Waals surface area (Å²) in [6, 6.07) is 0. The summed E-state index contributed by atoms with van der Waals surface area (Å²) in [5.74, 6) is -1.16. The quantitative estimate of drug-likeness (QED) is 0.769. The molecule has 5 nitrogen and oxygen atoms in total. The van der Waals surface area contributed by atoms with E-state index in [0.29, 0.717) is 0 Å². The van der Waals surface area contributed by atoms with E-state index in [4.69, 9.17) is 10.8 Å². The van der Waals surface area contributed by atoms with Crippen molar-refractivity contribution >= 4 is 11.9 Å². The maximum absolute atomic E-state index is 12.1.